The molecule has 0 saturated heterocycles. The van der Waals surface area contributed by atoms with Gasteiger partial charge >= 0.3 is 0 Å². The first-order valence-corrected chi connectivity index (χ1v) is 6.38. The second-order valence-electron chi connectivity index (χ2n) is 3.23. The van der Waals surface area contributed by atoms with Gasteiger partial charge in [-0.05, 0) is 18.6 Å². The van der Waals surface area contributed by atoms with Gasteiger partial charge in [0.05, 0.1) is 5.69 Å². The molecule has 84 valence electrons. The van der Waals surface area contributed by atoms with E-state index in [0.29, 0.717) is 23.1 Å². The molecule has 0 aliphatic carbocycles. The highest BCUT2D eigenvalue weighted by Crippen LogP contribution is 2.14. The van der Waals surface area contributed by atoms with Crippen LogP contribution in [0.4, 0.5) is 17.3 Å². The van der Waals surface area contributed by atoms with E-state index in [2.05, 4.69) is 10.3 Å². The smallest absolute Gasteiger partial charge is 0.149 e. The molecule has 6 heteroatoms. The maximum atomic E-state index is 10.8. The number of nitrogens with two attached hydrogens (primary N) is 2. The molecule has 0 spiro atoms. The van der Waals surface area contributed by atoms with Crippen LogP contribution in [-0.4, -0.2) is 27.7 Å². The molecule has 0 amide bonds. The monoisotopic (exact) mass is 228 g/mol. The fourth-order valence-corrected chi connectivity index (χ4v) is 1.63. The lowest BCUT2D eigenvalue weighted by Gasteiger charge is -2.06. The maximum absolute atomic E-state index is 10.8. The zero-order valence-electron chi connectivity index (χ0n) is 8.69. The molecule has 0 aliphatic rings. The quantitative estimate of drug-likeness (QED) is 0.635. The van der Waals surface area contributed by atoms with Crippen molar-refractivity contribution in [3.63, 3.8) is 0 Å². The van der Waals surface area contributed by atoms with E-state index in [1.54, 1.807) is 18.4 Å². The summed E-state index contributed by atoms with van der Waals surface area (Å²) < 4.78 is 10.8. The number of nitrogen functional groups attached to an aromatic ring is 2. The molecular weight excluding hydrogens is 212 g/mol. The van der Waals surface area contributed by atoms with Gasteiger partial charge in [-0.15, -0.1) is 0 Å². The Morgan fingerprint density at radius 1 is 1.47 bits per heavy atom. The summed E-state index contributed by atoms with van der Waals surface area (Å²) >= 11 is 0. The number of hydrogen-bond acceptors (Lipinski definition) is 5. The van der Waals surface area contributed by atoms with Gasteiger partial charge < -0.3 is 16.8 Å². The Kier molecular flexibility index (Phi) is 4.36. The van der Waals surface area contributed by atoms with E-state index < -0.39 is 10.8 Å². The Hall–Kier alpha value is -1.30. The standard InChI is InChI=1S/C9H16N4OS/c1-15(14)6-2-5-12-8-4-3-7(10)9(11)13-8/h3-4H,2,5-6,10H2,1H3,(H3,11,12,13). The molecule has 1 heterocycles. The molecule has 15 heavy (non-hydrogen) atoms. The molecule has 0 fully saturated rings. The van der Waals surface area contributed by atoms with Crippen molar-refractivity contribution in [2.45, 2.75) is 6.42 Å². The summed E-state index contributed by atoms with van der Waals surface area (Å²) in [5, 5.41) is 3.09. The van der Waals surface area contributed by atoms with Crippen molar-refractivity contribution in [1.82, 2.24) is 4.98 Å². The van der Waals surface area contributed by atoms with Gasteiger partial charge in [-0.3, -0.25) is 4.21 Å². The van der Waals surface area contributed by atoms with Gasteiger partial charge in [0.2, 0.25) is 0 Å². The van der Waals surface area contributed by atoms with Crippen LogP contribution in [0.1, 0.15) is 6.42 Å². The Morgan fingerprint density at radius 3 is 2.80 bits per heavy atom. The van der Waals surface area contributed by atoms with Crippen molar-refractivity contribution in [3.05, 3.63) is 12.1 Å². The Labute approximate surface area is 91.7 Å². The summed E-state index contributed by atoms with van der Waals surface area (Å²) in [4.78, 5) is 4.06. The van der Waals surface area contributed by atoms with Gasteiger partial charge in [-0.25, -0.2) is 4.98 Å². The highest BCUT2D eigenvalue weighted by molar-refractivity contribution is 7.84. The van der Waals surface area contributed by atoms with Gasteiger partial charge in [0.15, 0.2) is 0 Å². The normalized spacial score (nSPS) is 12.3. The summed E-state index contributed by atoms with van der Waals surface area (Å²) in [5.74, 6) is 1.72. The molecular formula is C9H16N4OS. The van der Waals surface area contributed by atoms with E-state index >= 15 is 0 Å². The largest absolute Gasteiger partial charge is 0.396 e. The first kappa shape index (κ1) is 11.8. The molecule has 0 saturated carbocycles. The third-order valence-corrected chi connectivity index (χ3v) is 2.74. The second-order valence-corrected chi connectivity index (χ2v) is 4.78. The SMILES string of the molecule is CS(=O)CCCNc1ccc(N)c(N)n1. The van der Waals surface area contributed by atoms with E-state index in [1.807, 2.05) is 0 Å². The van der Waals surface area contributed by atoms with Crippen molar-refractivity contribution < 1.29 is 4.21 Å². The van der Waals surface area contributed by atoms with Gasteiger partial charge in [-0.1, -0.05) is 0 Å². The zero-order chi connectivity index (χ0) is 11.3. The van der Waals surface area contributed by atoms with Crippen molar-refractivity contribution in [2.75, 3.05) is 35.3 Å². The van der Waals surface area contributed by atoms with Crippen molar-refractivity contribution in [1.29, 1.82) is 0 Å². The van der Waals surface area contributed by atoms with Crippen LogP contribution in [0.2, 0.25) is 0 Å². The highest BCUT2D eigenvalue weighted by Gasteiger charge is 1.98. The maximum Gasteiger partial charge on any atom is 0.149 e. The lowest BCUT2D eigenvalue weighted by atomic mass is 10.3. The van der Waals surface area contributed by atoms with Crippen LogP contribution in [0.25, 0.3) is 0 Å². The van der Waals surface area contributed by atoms with Crippen LogP contribution in [-0.2, 0) is 10.8 Å². The summed E-state index contributed by atoms with van der Waals surface area (Å²) in [6, 6.07) is 3.48. The molecule has 5 N–H and O–H groups in total. The molecule has 1 atom stereocenters. The molecule has 1 rings (SSSR count). The fraction of sp³-hybridized carbons (Fsp3) is 0.444. The van der Waals surface area contributed by atoms with E-state index in [4.69, 9.17) is 11.5 Å². The molecule has 0 aromatic carbocycles. The van der Waals surface area contributed by atoms with E-state index in [0.717, 1.165) is 13.0 Å². The average molecular weight is 228 g/mol. The number of nitrogens with zero attached hydrogens (tertiary/aromatic N) is 1. The van der Waals surface area contributed by atoms with E-state index in [9.17, 15) is 4.21 Å². The predicted octanol–water partition coefficient (Wildman–Crippen LogP) is 0.427. The number of rotatable bonds is 5. The van der Waals surface area contributed by atoms with Crippen LogP contribution < -0.4 is 16.8 Å². The summed E-state index contributed by atoms with van der Waals surface area (Å²) in [5.41, 5.74) is 11.6. The van der Waals surface area contributed by atoms with Gasteiger partial charge in [0.25, 0.3) is 0 Å². The lowest BCUT2D eigenvalue weighted by Crippen LogP contribution is -2.08. The lowest BCUT2D eigenvalue weighted by molar-refractivity contribution is 0.685. The minimum absolute atomic E-state index is 0.332. The van der Waals surface area contributed by atoms with Crippen LogP contribution in [0.5, 0.6) is 0 Å². The number of hydrogen-bond donors (Lipinski definition) is 3. The summed E-state index contributed by atoms with van der Waals surface area (Å²) in [7, 11) is -0.737. The molecule has 0 bridgehead atoms. The number of aromatic nitrogens is 1. The minimum atomic E-state index is -0.737. The number of pyridine rings is 1. The van der Waals surface area contributed by atoms with Crippen molar-refractivity contribution in [2.24, 2.45) is 0 Å². The third kappa shape index (κ3) is 4.16. The molecule has 1 unspecified atom stereocenters. The van der Waals surface area contributed by atoms with Gasteiger partial charge in [0, 0.05) is 29.4 Å². The van der Waals surface area contributed by atoms with Crippen LogP contribution >= 0.6 is 0 Å². The first-order chi connectivity index (χ1) is 7.09. The Morgan fingerprint density at radius 2 is 2.20 bits per heavy atom. The molecule has 0 aliphatic heterocycles. The number of nitrogens with one attached hydrogen (secondary N) is 1. The second kappa shape index (κ2) is 5.55. The minimum Gasteiger partial charge on any atom is -0.396 e. The van der Waals surface area contributed by atoms with E-state index in [1.165, 1.54) is 0 Å². The summed E-state index contributed by atoms with van der Waals surface area (Å²) in [6.07, 6.45) is 2.54. The average Bonchev–Trinajstić information content (AvgIpc) is 2.18. The van der Waals surface area contributed by atoms with Crippen molar-refractivity contribution >= 4 is 28.1 Å². The Bertz CT molecular complexity index is 356. The van der Waals surface area contributed by atoms with Crippen LogP contribution in [0, 0.1) is 0 Å². The topological polar surface area (TPSA) is 94.0 Å². The molecule has 0 radical (unpaired) electrons. The predicted molar refractivity (Wildman–Crippen MR) is 65.1 cm³/mol. The third-order valence-electron chi connectivity index (χ3n) is 1.87. The van der Waals surface area contributed by atoms with Gasteiger partial charge in [0.1, 0.15) is 11.6 Å². The van der Waals surface area contributed by atoms with Gasteiger partial charge in [-0.2, -0.15) is 0 Å². The Balaban J connectivity index is 2.38. The first-order valence-electron chi connectivity index (χ1n) is 4.65. The summed E-state index contributed by atoms with van der Waals surface area (Å²) in [6.45, 7) is 0.732. The number of anilines is 3. The fourth-order valence-electron chi connectivity index (χ4n) is 1.08. The molecule has 1 aromatic heterocycles. The van der Waals surface area contributed by atoms with Crippen LogP contribution in [0.15, 0.2) is 12.1 Å². The molecule has 5 nitrogen and oxygen atoms in total. The molecule has 1 aromatic rings. The zero-order valence-corrected chi connectivity index (χ0v) is 9.51. The van der Waals surface area contributed by atoms with Crippen LogP contribution in [0.3, 0.4) is 0 Å². The van der Waals surface area contributed by atoms with E-state index in [-0.39, 0.29) is 0 Å². The highest BCUT2D eigenvalue weighted by atomic mass is 32.2. The van der Waals surface area contributed by atoms with Crippen molar-refractivity contribution in [3.8, 4) is 0 Å².